The summed E-state index contributed by atoms with van der Waals surface area (Å²) in [6.07, 6.45) is 1.78. The van der Waals surface area contributed by atoms with Crippen LogP contribution < -0.4 is 10.5 Å². The number of nitrogens with two attached hydrogens (primary N) is 1. The van der Waals surface area contributed by atoms with Crippen molar-refractivity contribution in [3.05, 3.63) is 41.0 Å². The van der Waals surface area contributed by atoms with E-state index in [-0.39, 0.29) is 12.6 Å². The average Bonchev–Trinajstić information content (AvgIpc) is 2.84. The molecular weight excluding hydrogens is 254 g/mol. The predicted molar refractivity (Wildman–Crippen MR) is 76.4 cm³/mol. The zero-order chi connectivity index (χ0) is 14.5. The monoisotopic (exact) mass is 275 g/mol. The van der Waals surface area contributed by atoms with E-state index < -0.39 is 0 Å². The van der Waals surface area contributed by atoms with Gasteiger partial charge in [-0.3, -0.25) is 0 Å². The van der Waals surface area contributed by atoms with Crippen LogP contribution in [-0.4, -0.2) is 10.1 Å². The molecule has 0 unspecified atom stereocenters. The standard InChI is InChI=1S/C15H21N3O2/c1-4-5-15-17-14(18-20-15)9-19-13-8-10(2)6-7-12(13)11(3)16/h6-8,11H,4-5,9,16H2,1-3H3/t11-/m0/s1. The van der Waals surface area contributed by atoms with Crippen molar-refractivity contribution in [1.29, 1.82) is 0 Å². The van der Waals surface area contributed by atoms with Crippen LogP contribution in [0.4, 0.5) is 0 Å². The van der Waals surface area contributed by atoms with E-state index in [0.717, 1.165) is 29.7 Å². The van der Waals surface area contributed by atoms with Crippen LogP contribution >= 0.6 is 0 Å². The first-order valence-corrected chi connectivity index (χ1v) is 6.90. The Morgan fingerprint density at radius 3 is 2.90 bits per heavy atom. The van der Waals surface area contributed by atoms with Gasteiger partial charge >= 0.3 is 0 Å². The van der Waals surface area contributed by atoms with Crippen molar-refractivity contribution >= 4 is 0 Å². The maximum absolute atomic E-state index is 5.95. The Labute approximate surface area is 119 Å². The second-order valence-corrected chi connectivity index (χ2v) is 4.97. The van der Waals surface area contributed by atoms with Gasteiger partial charge in [0.1, 0.15) is 5.75 Å². The molecule has 0 aliphatic rings. The van der Waals surface area contributed by atoms with Gasteiger partial charge in [-0.25, -0.2) is 0 Å². The Morgan fingerprint density at radius 2 is 2.20 bits per heavy atom. The number of ether oxygens (including phenoxy) is 1. The summed E-state index contributed by atoms with van der Waals surface area (Å²) in [4.78, 5) is 4.28. The number of hydrogen-bond acceptors (Lipinski definition) is 5. The summed E-state index contributed by atoms with van der Waals surface area (Å²) < 4.78 is 10.9. The third-order valence-electron chi connectivity index (χ3n) is 2.99. The molecule has 0 bridgehead atoms. The molecule has 108 valence electrons. The third-order valence-corrected chi connectivity index (χ3v) is 2.99. The Bertz CT molecular complexity index is 564. The molecule has 1 atom stereocenters. The van der Waals surface area contributed by atoms with Gasteiger partial charge in [-0.1, -0.05) is 24.2 Å². The number of hydrogen-bond donors (Lipinski definition) is 1. The normalized spacial score (nSPS) is 12.4. The van der Waals surface area contributed by atoms with E-state index >= 15 is 0 Å². The maximum Gasteiger partial charge on any atom is 0.226 e. The Balaban J connectivity index is 2.07. The van der Waals surface area contributed by atoms with E-state index in [4.69, 9.17) is 15.0 Å². The number of nitrogens with zero attached hydrogens (tertiary/aromatic N) is 2. The lowest BCUT2D eigenvalue weighted by Crippen LogP contribution is -2.08. The molecular formula is C15H21N3O2. The van der Waals surface area contributed by atoms with Crippen molar-refractivity contribution in [2.45, 2.75) is 46.3 Å². The minimum Gasteiger partial charge on any atom is -0.485 e. The summed E-state index contributed by atoms with van der Waals surface area (Å²) in [5.41, 5.74) is 8.06. The van der Waals surface area contributed by atoms with Crippen LogP contribution in [0.3, 0.4) is 0 Å². The summed E-state index contributed by atoms with van der Waals surface area (Å²) in [5, 5.41) is 3.90. The highest BCUT2D eigenvalue weighted by Crippen LogP contribution is 2.25. The first-order valence-electron chi connectivity index (χ1n) is 6.90. The molecule has 0 saturated heterocycles. The molecule has 5 heteroatoms. The minimum atomic E-state index is -0.0773. The number of rotatable bonds is 6. The van der Waals surface area contributed by atoms with E-state index in [1.807, 2.05) is 32.0 Å². The van der Waals surface area contributed by atoms with E-state index in [0.29, 0.717) is 11.7 Å². The van der Waals surface area contributed by atoms with Crippen molar-refractivity contribution in [3.63, 3.8) is 0 Å². The molecule has 0 amide bonds. The fourth-order valence-electron chi connectivity index (χ4n) is 1.95. The van der Waals surface area contributed by atoms with Crippen molar-refractivity contribution < 1.29 is 9.26 Å². The third kappa shape index (κ3) is 3.57. The molecule has 0 saturated carbocycles. The van der Waals surface area contributed by atoms with Crippen LogP contribution in [0.15, 0.2) is 22.7 Å². The first-order chi connectivity index (χ1) is 9.60. The quantitative estimate of drug-likeness (QED) is 0.877. The number of aryl methyl sites for hydroxylation is 2. The summed E-state index contributed by atoms with van der Waals surface area (Å²) in [5.74, 6) is 2.00. The maximum atomic E-state index is 5.95. The molecule has 1 aromatic carbocycles. The number of aromatic nitrogens is 2. The molecule has 1 heterocycles. The SMILES string of the molecule is CCCc1nc(COc2cc(C)ccc2[C@H](C)N)no1. The van der Waals surface area contributed by atoms with Crippen LogP contribution in [0.25, 0.3) is 0 Å². The summed E-state index contributed by atoms with van der Waals surface area (Å²) in [6.45, 7) is 6.31. The van der Waals surface area contributed by atoms with E-state index in [1.165, 1.54) is 0 Å². The van der Waals surface area contributed by atoms with Gasteiger partial charge in [0.05, 0.1) is 0 Å². The van der Waals surface area contributed by atoms with Crippen molar-refractivity contribution in [3.8, 4) is 5.75 Å². The second-order valence-electron chi connectivity index (χ2n) is 4.97. The smallest absolute Gasteiger partial charge is 0.226 e. The van der Waals surface area contributed by atoms with Crippen molar-refractivity contribution in [2.24, 2.45) is 5.73 Å². The average molecular weight is 275 g/mol. The zero-order valence-electron chi connectivity index (χ0n) is 12.2. The molecule has 2 N–H and O–H groups in total. The van der Waals surface area contributed by atoms with E-state index in [2.05, 4.69) is 17.1 Å². The lowest BCUT2D eigenvalue weighted by Gasteiger charge is -2.13. The summed E-state index contributed by atoms with van der Waals surface area (Å²) >= 11 is 0. The first kappa shape index (κ1) is 14.5. The van der Waals surface area contributed by atoms with Crippen LogP contribution in [0.5, 0.6) is 5.75 Å². The molecule has 20 heavy (non-hydrogen) atoms. The Kier molecular flexibility index (Phi) is 4.74. The van der Waals surface area contributed by atoms with E-state index in [9.17, 15) is 0 Å². The molecule has 0 radical (unpaired) electrons. The molecule has 0 fully saturated rings. The van der Waals surface area contributed by atoms with Gasteiger partial charge in [0, 0.05) is 18.0 Å². The molecule has 0 aliphatic carbocycles. The summed E-state index contributed by atoms with van der Waals surface area (Å²) in [6, 6.07) is 5.92. The van der Waals surface area contributed by atoms with Crippen LogP contribution in [0.2, 0.25) is 0 Å². The van der Waals surface area contributed by atoms with Gasteiger partial charge in [0.25, 0.3) is 0 Å². The second kappa shape index (κ2) is 6.52. The lowest BCUT2D eigenvalue weighted by molar-refractivity contribution is 0.281. The Hall–Kier alpha value is -1.88. The lowest BCUT2D eigenvalue weighted by atomic mass is 10.1. The van der Waals surface area contributed by atoms with Gasteiger partial charge in [-0.15, -0.1) is 0 Å². The minimum absolute atomic E-state index is 0.0773. The highest BCUT2D eigenvalue weighted by Gasteiger charge is 2.11. The van der Waals surface area contributed by atoms with Crippen molar-refractivity contribution in [1.82, 2.24) is 10.1 Å². The molecule has 2 rings (SSSR count). The predicted octanol–water partition coefficient (Wildman–Crippen LogP) is 2.93. The van der Waals surface area contributed by atoms with Crippen LogP contribution in [-0.2, 0) is 13.0 Å². The van der Waals surface area contributed by atoms with Crippen LogP contribution in [0.1, 0.15) is 49.2 Å². The fraction of sp³-hybridized carbons (Fsp3) is 0.467. The van der Waals surface area contributed by atoms with Gasteiger partial charge in [-0.2, -0.15) is 4.98 Å². The van der Waals surface area contributed by atoms with Crippen molar-refractivity contribution in [2.75, 3.05) is 0 Å². The molecule has 1 aromatic heterocycles. The Morgan fingerprint density at radius 1 is 1.40 bits per heavy atom. The molecule has 2 aromatic rings. The zero-order valence-corrected chi connectivity index (χ0v) is 12.2. The van der Waals surface area contributed by atoms with Gasteiger partial charge in [0.2, 0.25) is 11.7 Å². The largest absolute Gasteiger partial charge is 0.485 e. The highest BCUT2D eigenvalue weighted by atomic mass is 16.5. The molecule has 5 nitrogen and oxygen atoms in total. The molecule has 0 spiro atoms. The topological polar surface area (TPSA) is 74.2 Å². The van der Waals surface area contributed by atoms with Gasteiger partial charge in [0.15, 0.2) is 6.61 Å². The summed E-state index contributed by atoms with van der Waals surface area (Å²) in [7, 11) is 0. The highest BCUT2D eigenvalue weighted by molar-refractivity contribution is 5.38. The van der Waals surface area contributed by atoms with Gasteiger partial charge in [-0.05, 0) is 31.9 Å². The number of benzene rings is 1. The van der Waals surface area contributed by atoms with E-state index in [1.54, 1.807) is 0 Å². The fourth-order valence-corrected chi connectivity index (χ4v) is 1.95. The van der Waals surface area contributed by atoms with Gasteiger partial charge < -0.3 is 15.0 Å². The van der Waals surface area contributed by atoms with Crippen LogP contribution in [0, 0.1) is 6.92 Å². The molecule has 0 aliphatic heterocycles.